The van der Waals surface area contributed by atoms with Gasteiger partial charge >= 0.3 is 0 Å². The maximum Gasteiger partial charge on any atom is 0.259 e. The Labute approximate surface area is 176 Å². The maximum absolute atomic E-state index is 15.0. The van der Waals surface area contributed by atoms with Crippen LogP contribution in [0.5, 0.6) is 0 Å². The highest BCUT2D eigenvalue weighted by Gasteiger charge is 2.42. The Hall–Kier alpha value is -3.93. The summed E-state index contributed by atoms with van der Waals surface area (Å²) >= 11 is 0. The number of fused-ring (bicyclic) bond motifs is 2. The van der Waals surface area contributed by atoms with Crippen molar-refractivity contribution < 1.29 is 4.39 Å². The zero-order valence-electron chi connectivity index (χ0n) is 16.4. The van der Waals surface area contributed by atoms with Crippen molar-refractivity contribution in [1.29, 1.82) is 0 Å². The van der Waals surface area contributed by atoms with E-state index in [1.807, 2.05) is 42.5 Å². The van der Waals surface area contributed by atoms with Crippen LogP contribution >= 0.6 is 0 Å². The highest BCUT2D eigenvalue weighted by molar-refractivity contribution is 5.96. The molecule has 6 heteroatoms. The number of aromatic nitrogens is 4. The summed E-state index contributed by atoms with van der Waals surface area (Å²) in [5.41, 5.74) is 2.97. The average molecular weight is 408 g/mol. The molecule has 31 heavy (non-hydrogen) atoms. The molecule has 0 radical (unpaired) electrons. The van der Waals surface area contributed by atoms with Crippen molar-refractivity contribution in [2.45, 2.75) is 18.4 Å². The van der Waals surface area contributed by atoms with Crippen molar-refractivity contribution in [3.8, 4) is 11.1 Å². The fourth-order valence-electron chi connectivity index (χ4n) is 4.38. The second-order valence-corrected chi connectivity index (χ2v) is 7.88. The summed E-state index contributed by atoms with van der Waals surface area (Å²) in [6.45, 7) is 0. The number of hydrogen-bond acceptors (Lipinski definition) is 4. The second kappa shape index (κ2) is 6.80. The van der Waals surface area contributed by atoms with Crippen LogP contribution in [0.4, 0.5) is 4.39 Å². The van der Waals surface area contributed by atoms with Crippen LogP contribution in [0.3, 0.4) is 0 Å². The molecule has 2 atom stereocenters. The lowest BCUT2D eigenvalue weighted by atomic mass is 10.0. The Morgan fingerprint density at radius 2 is 1.81 bits per heavy atom. The van der Waals surface area contributed by atoms with Crippen LogP contribution in [0, 0.1) is 5.82 Å². The van der Waals surface area contributed by atoms with E-state index in [2.05, 4.69) is 9.97 Å². The first-order valence-corrected chi connectivity index (χ1v) is 10.1. The van der Waals surface area contributed by atoms with Gasteiger partial charge in [0.05, 0.1) is 10.9 Å². The first-order valence-electron chi connectivity index (χ1n) is 10.1. The number of nitrogens with zero attached hydrogens (tertiary/aromatic N) is 4. The van der Waals surface area contributed by atoms with Crippen LogP contribution in [-0.4, -0.2) is 19.5 Å². The summed E-state index contributed by atoms with van der Waals surface area (Å²) in [6.07, 6.45) is 6.79. The molecule has 0 amide bonds. The molecule has 0 saturated heterocycles. The molecule has 1 fully saturated rings. The number of benzene rings is 2. The van der Waals surface area contributed by atoms with Crippen LogP contribution in [0.25, 0.3) is 32.8 Å². The third-order valence-electron chi connectivity index (χ3n) is 6.01. The van der Waals surface area contributed by atoms with E-state index in [-0.39, 0.29) is 17.5 Å². The van der Waals surface area contributed by atoms with Gasteiger partial charge in [0.2, 0.25) is 0 Å². The molecule has 1 saturated carbocycles. The number of pyridine rings is 2. The predicted molar refractivity (Wildman–Crippen MR) is 117 cm³/mol. The van der Waals surface area contributed by atoms with Crippen molar-refractivity contribution in [3.63, 3.8) is 0 Å². The maximum atomic E-state index is 15.0. The Bertz CT molecular complexity index is 1510. The third-order valence-corrected chi connectivity index (χ3v) is 6.01. The number of hydrogen-bond donors (Lipinski definition) is 0. The van der Waals surface area contributed by atoms with Gasteiger partial charge in [0.15, 0.2) is 0 Å². The largest absolute Gasteiger partial charge is 0.308 e. The van der Waals surface area contributed by atoms with Crippen molar-refractivity contribution >= 4 is 21.7 Å². The van der Waals surface area contributed by atoms with Gasteiger partial charge in [-0.15, -0.1) is 0 Å². The minimum absolute atomic E-state index is 0.0892. The molecule has 150 valence electrons. The van der Waals surface area contributed by atoms with E-state index in [1.54, 1.807) is 24.5 Å². The minimum atomic E-state index is -0.412. The van der Waals surface area contributed by atoms with Crippen molar-refractivity contribution in [2.24, 2.45) is 0 Å². The standard InChI is InChI=1S/C25H17FN4O/c26-20-13-30(23-10-19(23)22-9-8-15-4-1-2-7-21(15)29-22)25(31)24-17(5-3-6-18(20)24)16-11-27-14-28-12-16/h1-9,11-14,19,23H,10H2. The molecule has 0 bridgehead atoms. The van der Waals surface area contributed by atoms with Crippen LogP contribution < -0.4 is 5.56 Å². The van der Waals surface area contributed by atoms with Crippen LogP contribution in [0.2, 0.25) is 0 Å². The van der Waals surface area contributed by atoms with Crippen LogP contribution in [0.1, 0.15) is 24.1 Å². The highest BCUT2D eigenvalue weighted by Crippen LogP contribution is 2.50. The molecular weight excluding hydrogens is 391 g/mol. The van der Waals surface area contributed by atoms with E-state index in [4.69, 9.17) is 4.98 Å². The van der Waals surface area contributed by atoms with E-state index >= 15 is 4.39 Å². The Morgan fingerprint density at radius 1 is 0.968 bits per heavy atom. The summed E-state index contributed by atoms with van der Waals surface area (Å²) in [7, 11) is 0. The monoisotopic (exact) mass is 408 g/mol. The van der Waals surface area contributed by atoms with Gasteiger partial charge in [-0.25, -0.2) is 14.4 Å². The van der Waals surface area contributed by atoms with Crippen LogP contribution in [-0.2, 0) is 0 Å². The molecule has 3 aromatic heterocycles. The minimum Gasteiger partial charge on any atom is -0.308 e. The number of para-hydroxylation sites is 1. The first-order chi connectivity index (χ1) is 15.2. The Balaban J connectivity index is 1.47. The summed E-state index contributed by atoms with van der Waals surface area (Å²) in [5, 5.41) is 1.74. The average Bonchev–Trinajstić information content (AvgIpc) is 3.62. The summed E-state index contributed by atoms with van der Waals surface area (Å²) < 4.78 is 16.6. The molecule has 0 aliphatic heterocycles. The van der Waals surface area contributed by atoms with Gasteiger partial charge < -0.3 is 4.57 Å². The van der Waals surface area contributed by atoms with E-state index in [9.17, 15) is 4.79 Å². The van der Waals surface area contributed by atoms with Crippen molar-refractivity contribution in [1.82, 2.24) is 19.5 Å². The van der Waals surface area contributed by atoms with E-state index in [0.717, 1.165) is 23.0 Å². The number of rotatable bonds is 3. The summed E-state index contributed by atoms with van der Waals surface area (Å²) in [6, 6.07) is 17.1. The molecule has 5 nitrogen and oxygen atoms in total. The Kier molecular flexibility index (Phi) is 3.93. The lowest BCUT2D eigenvalue weighted by Crippen LogP contribution is -2.21. The molecule has 6 rings (SSSR count). The van der Waals surface area contributed by atoms with Crippen molar-refractivity contribution in [2.75, 3.05) is 0 Å². The lowest BCUT2D eigenvalue weighted by molar-refractivity contribution is 0.594. The van der Waals surface area contributed by atoms with Gasteiger partial charge in [-0.2, -0.15) is 0 Å². The van der Waals surface area contributed by atoms with E-state index in [1.165, 1.54) is 17.1 Å². The second-order valence-electron chi connectivity index (χ2n) is 7.88. The molecule has 2 aromatic carbocycles. The SMILES string of the molecule is O=c1c2c(-c3cncnc3)cccc2c(F)cn1C1CC1c1ccc2ccccc2n1. The fourth-order valence-corrected chi connectivity index (χ4v) is 4.38. The molecule has 1 aliphatic rings. The van der Waals surface area contributed by atoms with Crippen LogP contribution in [0.15, 0.2) is 84.3 Å². The normalized spacial score (nSPS) is 17.8. The van der Waals surface area contributed by atoms with Gasteiger partial charge in [-0.05, 0) is 24.1 Å². The van der Waals surface area contributed by atoms with E-state index < -0.39 is 5.82 Å². The molecule has 3 heterocycles. The molecule has 0 N–H and O–H groups in total. The first kappa shape index (κ1) is 17.9. The quantitative estimate of drug-likeness (QED) is 0.427. The highest BCUT2D eigenvalue weighted by atomic mass is 19.1. The van der Waals surface area contributed by atoms with Gasteiger partial charge in [0, 0.05) is 52.6 Å². The molecule has 2 unspecified atom stereocenters. The van der Waals surface area contributed by atoms with Gasteiger partial charge in [-0.1, -0.05) is 42.5 Å². The summed E-state index contributed by atoms with van der Waals surface area (Å²) in [5.74, 6) is -0.322. The van der Waals surface area contributed by atoms with Gasteiger partial charge in [0.25, 0.3) is 5.56 Å². The zero-order chi connectivity index (χ0) is 20.9. The van der Waals surface area contributed by atoms with E-state index in [0.29, 0.717) is 21.9 Å². The van der Waals surface area contributed by atoms with Crippen molar-refractivity contribution in [3.05, 3.63) is 101 Å². The molecule has 0 spiro atoms. The van der Waals surface area contributed by atoms with Gasteiger partial charge in [0.1, 0.15) is 12.1 Å². The molecular formula is C25H17FN4O. The topological polar surface area (TPSA) is 60.7 Å². The zero-order valence-corrected chi connectivity index (χ0v) is 16.4. The Morgan fingerprint density at radius 3 is 2.68 bits per heavy atom. The smallest absolute Gasteiger partial charge is 0.259 e. The summed E-state index contributed by atoms with van der Waals surface area (Å²) in [4.78, 5) is 26.3. The predicted octanol–water partition coefficient (Wildman–Crippen LogP) is 4.87. The lowest BCUT2D eigenvalue weighted by Gasteiger charge is -2.11. The molecule has 5 aromatic rings. The third kappa shape index (κ3) is 2.91. The fraction of sp³-hybridized carbons (Fsp3) is 0.120. The molecule has 1 aliphatic carbocycles. The number of halogens is 1. The van der Waals surface area contributed by atoms with Gasteiger partial charge in [-0.3, -0.25) is 9.78 Å².